The first-order valence-electron chi connectivity index (χ1n) is 10.4. The maximum Gasteiger partial charge on any atom is 0.191 e. The average Bonchev–Trinajstić information content (AvgIpc) is 2.78. The summed E-state index contributed by atoms with van der Waals surface area (Å²) in [6.07, 6.45) is 0.487. The summed E-state index contributed by atoms with van der Waals surface area (Å²) in [6.45, 7) is 4.30. The molecule has 6 nitrogen and oxygen atoms in total. The van der Waals surface area contributed by atoms with E-state index in [4.69, 9.17) is 9.47 Å². The van der Waals surface area contributed by atoms with Crippen LogP contribution in [0.5, 0.6) is 5.75 Å². The number of halogens is 3. The number of methoxy groups -OCH3 is 1. The van der Waals surface area contributed by atoms with Crippen LogP contribution in [0.25, 0.3) is 0 Å². The smallest absolute Gasteiger partial charge is 0.191 e. The quantitative estimate of drug-likeness (QED) is 0.295. The van der Waals surface area contributed by atoms with Crippen molar-refractivity contribution in [2.75, 3.05) is 53.6 Å². The number of benzene rings is 2. The number of rotatable bonds is 8. The third-order valence-electron chi connectivity index (χ3n) is 5.30. The van der Waals surface area contributed by atoms with Crippen molar-refractivity contribution in [3.8, 4) is 5.75 Å². The molecule has 1 atom stereocenters. The maximum absolute atomic E-state index is 13.4. The molecule has 1 unspecified atom stereocenters. The minimum absolute atomic E-state index is 0. The van der Waals surface area contributed by atoms with Crippen molar-refractivity contribution in [2.45, 2.75) is 12.5 Å². The van der Waals surface area contributed by atoms with Gasteiger partial charge in [-0.2, -0.15) is 0 Å². The topological polar surface area (TPSA) is 58.1 Å². The second-order valence-corrected chi connectivity index (χ2v) is 7.34. The summed E-state index contributed by atoms with van der Waals surface area (Å²) in [5, 5.41) is 6.60. The summed E-state index contributed by atoms with van der Waals surface area (Å²) < 4.78 is 37.5. The molecule has 1 aliphatic rings. The Morgan fingerprint density at radius 2 is 1.75 bits per heavy atom. The Bertz CT molecular complexity index is 841. The van der Waals surface area contributed by atoms with Crippen molar-refractivity contribution in [1.29, 1.82) is 0 Å². The highest BCUT2D eigenvalue weighted by atomic mass is 127. The van der Waals surface area contributed by atoms with E-state index in [1.54, 1.807) is 14.2 Å². The van der Waals surface area contributed by atoms with E-state index in [9.17, 15) is 8.78 Å². The predicted molar refractivity (Wildman–Crippen MR) is 133 cm³/mol. The standard InChI is InChI=1S/C23H30F2N4O2.HI/c1-26-23(27-8-7-17-13-19(24)15-20(25)14-17)28-16-22(29-9-11-31-12-10-29)18-3-5-21(30-2)6-4-18;/h3-6,13-15,22H,7-12,16H2,1-2H3,(H2,26,27,28);1H. The van der Waals surface area contributed by atoms with Gasteiger partial charge in [-0.05, 0) is 41.8 Å². The van der Waals surface area contributed by atoms with E-state index in [1.165, 1.54) is 17.7 Å². The van der Waals surface area contributed by atoms with Gasteiger partial charge >= 0.3 is 0 Å². The van der Waals surface area contributed by atoms with Crippen LogP contribution in [0.1, 0.15) is 17.2 Å². The van der Waals surface area contributed by atoms with Gasteiger partial charge in [-0.15, -0.1) is 24.0 Å². The van der Waals surface area contributed by atoms with Crippen molar-refractivity contribution in [1.82, 2.24) is 15.5 Å². The fourth-order valence-electron chi connectivity index (χ4n) is 3.67. The number of guanidine groups is 1. The van der Waals surface area contributed by atoms with Gasteiger partial charge in [0.1, 0.15) is 17.4 Å². The van der Waals surface area contributed by atoms with E-state index < -0.39 is 11.6 Å². The molecular weight excluding hydrogens is 529 g/mol. The molecular formula is C23H31F2IN4O2. The van der Waals surface area contributed by atoms with Gasteiger partial charge < -0.3 is 20.1 Å². The normalized spacial score (nSPS) is 15.6. The van der Waals surface area contributed by atoms with Gasteiger partial charge in [0.2, 0.25) is 0 Å². The van der Waals surface area contributed by atoms with Gasteiger partial charge in [0.05, 0.1) is 26.4 Å². The van der Waals surface area contributed by atoms with Crippen LogP contribution in [-0.2, 0) is 11.2 Å². The van der Waals surface area contributed by atoms with Crippen LogP contribution in [0.2, 0.25) is 0 Å². The minimum Gasteiger partial charge on any atom is -0.497 e. The molecule has 0 bridgehead atoms. The number of hydrogen-bond acceptors (Lipinski definition) is 4. The average molecular weight is 560 g/mol. The van der Waals surface area contributed by atoms with Crippen molar-refractivity contribution in [3.63, 3.8) is 0 Å². The third kappa shape index (κ3) is 7.86. The summed E-state index contributed by atoms with van der Waals surface area (Å²) in [4.78, 5) is 6.67. The summed E-state index contributed by atoms with van der Waals surface area (Å²) in [5.74, 6) is 0.336. The number of hydrogen-bond donors (Lipinski definition) is 2. The summed E-state index contributed by atoms with van der Waals surface area (Å²) in [7, 11) is 3.36. The van der Waals surface area contributed by atoms with Crippen LogP contribution in [0.15, 0.2) is 47.5 Å². The van der Waals surface area contributed by atoms with Crippen molar-refractivity contribution in [3.05, 3.63) is 65.2 Å². The Labute approximate surface area is 205 Å². The number of nitrogens with one attached hydrogen (secondary N) is 2. The molecule has 0 amide bonds. The fourth-order valence-corrected chi connectivity index (χ4v) is 3.67. The zero-order valence-electron chi connectivity index (χ0n) is 18.4. The fraction of sp³-hybridized carbons (Fsp3) is 0.435. The summed E-state index contributed by atoms with van der Waals surface area (Å²) in [5.41, 5.74) is 1.78. The summed E-state index contributed by atoms with van der Waals surface area (Å²) >= 11 is 0. The molecule has 1 saturated heterocycles. The second-order valence-electron chi connectivity index (χ2n) is 7.34. The number of aliphatic imine (C=N–C) groups is 1. The molecule has 3 rings (SSSR count). The highest BCUT2D eigenvalue weighted by molar-refractivity contribution is 14.0. The largest absolute Gasteiger partial charge is 0.497 e. The molecule has 1 aliphatic heterocycles. The molecule has 0 aliphatic carbocycles. The van der Waals surface area contributed by atoms with Gasteiger partial charge in [0.25, 0.3) is 0 Å². The Morgan fingerprint density at radius 3 is 2.34 bits per heavy atom. The lowest BCUT2D eigenvalue weighted by Crippen LogP contribution is -2.46. The highest BCUT2D eigenvalue weighted by Crippen LogP contribution is 2.23. The van der Waals surface area contributed by atoms with Crippen LogP contribution < -0.4 is 15.4 Å². The number of nitrogens with zero attached hydrogens (tertiary/aromatic N) is 2. The highest BCUT2D eigenvalue weighted by Gasteiger charge is 2.23. The van der Waals surface area contributed by atoms with Crippen LogP contribution in [-0.4, -0.2) is 64.4 Å². The summed E-state index contributed by atoms with van der Waals surface area (Å²) in [6, 6.07) is 11.8. The molecule has 1 fully saturated rings. The molecule has 9 heteroatoms. The first kappa shape index (κ1) is 26.3. The van der Waals surface area contributed by atoms with Gasteiger partial charge in [-0.1, -0.05) is 12.1 Å². The van der Waals surface area contributed by atoms with Gasteiger partial charge in [0.15, 0.2) is 5.96 Å². The van der Waals surface area contributed by atoms with E-state index in [-0.39, 0.29) is 30.0 Å². The minimum atomic E-state index is -0.564. The van der Waals surface area contributed by atoms with Crippen LogP contribution >= 0.6 is 24.0 Å². The Kier molecular flexibility index (Phi) is 11.1. The lowest BCUT2D eigenvalue weighted by Gasteiger charge is -2.35. The first-order valence-corrected chi connectivity index (χ1v) is 10.4. The maximum atomic E-state index is 13.4. The number of ether oxygens (including phenoxy) is 2. The van der Waals surface area contributed by atoms with E-state index in [1.807, 2.05) is 12.1 Å². The zero-order chi connectivity index (χ0) is 22.1. The molecule has 176 valence electrons. The second kappa shape index (κ2) is 13.5. The zero-order valence-corrected chi connectivity index (χ0v) is 20.8. The molecule has 1 heterocycles. The molecule has 0 radical (unpaired) electrons. The molecule has 32 heavy (non-hydrogen) atoms. The Hall–Kier alpha value is -1.98. The van der Waals surface area contributed by atoms with E-state index in [0.29, 0.717) is 44.2 Å². The SMILES string of the molecule is CN=C(NCCc1cc(F)cc(F)c1)NCC(c1ccc(OC)cc1)N1CCOCC1.I. The van der Waals surface area contributed by atoms with Gasteiger partial charge in [-0.25, -0.2) is 8.78 Å². The monoisotopic (exact) mass is 560 g/mol. The van der Waals surface area contributed by atoms with E-state index in [2.05, 4.69) is 32.7 Å². The predicted octanol–water partition coefficient (Wildman–Crippen LogP) is 3.37. The molecule has 2 aromatic rings. The molecule has 0 aromatic heterocycles. The Morgan fingerprint density at radius 1 is 1.09 bits per heavy atom. The lowest BCUT2D eigenvalue weighted by atomic mass is 10.0. The van der Waals surface area contributed by atoms with Gasteiger partial charge in [0, 0.05) is 39.3 Å². The van der Waals surface area contributed by atoms with E-state index in [0.717, 1.165) is 24.9 Å². The van der Waals surface area contributed by atoms with Crippen molar-refractivity contribution < 1.29 is 18.3 Å². The first-order chi connectivity index (χ1) is 15.1. The lowest BCUT2D eigenvalue weighted by molar-refractivity contribution is 0.0170. The van der Waals surface area contributed by atoms with Crippen molar-refractivity contribution in [2.24, 2.45) is 4.99 Å². The van der Waals surface area contributed by atoms with Gasteiger partial charge in [-0.3, -0.25) is 9.89 Å². The molecule has 0 spiro atoms. The van der Waals surface area contributed by atoms with Crippen LogP contribution in [0, 0.1) is 11.6 Å². The molecule has 2 N–H and O–H groups in total. The van der Waals surface area contributed by atoms with Crippen LogP contribution in [0.3, 0.4) is 0 Å². The van der Waals surface area contributed by atoms with Crippen molar-refractivity contribution >= 4 is 29.9 Å². The third-order valence-corrected chi connectivity index (χ3v) is 5.30. The van der Waals surface area contributed by atoms with Crippen LogP contribution in [0.4, 0.5) is 8.78 Å². The molecule has 0 saturated carbocycles. The van der Waals surface area contributed by atoms with E-state index >= 15 is 0 Å². The molecule has 2 aromatic carbocycles. The number of morpholine rings is 1. The Balaban J connectivity index is 0.00000363.